The maximum Gasteiger partial charge on any atom is 0.256 e. The van der Waals surface area contributed by atoms with E-state index in [-0.39, 0.29) is 5.91 Å². The third kappa shape index (κ3) is 2.72. The van der Waals surface area contributed by atoms with Crippen LogP contribution in [-0.4, -0.2) is 10.5 Å². The molecule has 0 radical (unpaired) electrons. The highest BCUT2D eigenvalue weighted by atomic mass is 79.9. The van der Waals surface area contributed by atoms with Gasteiger partial charge in [0, 0.05) is 38.4 Å². The van der Waals surface area contributed by atoms with E-state index in [2.05, 4.69) is 57.9 Å². The van der Waals surface area contributed by atoms with Gasteiger partial charge in [-0.1, -0.05) is 34.1 Å². The van der Waals surface area contributed by atoms with Crippen LogP contribution >= 0.6 is 15.9 Å². The molecule has 1 amide bonds. The summed E-state index contributed by atoms with van der Waals surface area (Å²) in [7, 11) is 0. The Morgan fingerprint density at radius 3 is 2.56 bits per heavy atom. The average molecular weight is 393 g/mol. The number of carbonyl (C=O) groups excluding carboxylic acids is 1. The molecule has 0 bridgehead atoms. The Balaban J connectivity index is 1.84. The van der Waals surface area contributed by atoms with E-state index in [4.69, 9.17) is 0 Å². The van der Waals surface area contributed by atoms with E-state index in [1.165, 1.54) is 0 Å². The van der Waals surface area contributed by atoms with Gasteiger partial charge in [0.15, 0.2) is 0 Å². The summed E-state index contributed by atoms with van der Waals surface area (Å²) in [5, 5.41) is 2.93. The van der Waals surface area contributed by atoms with Gasteiger partial charge in [-0.3, -0.25) is 4.79 Å². The summed E-state index contributed by atoms with van der Waals surface area (Å²) in [5.74, 6) is -0.0578. The van der Waals surface area contributed by atoms with Gasteiger partial charge in [0.25, 0.3) is 5.91 Å². The average Bonchev–Trinajstić information content (AvgIpc) is 3.05. The fourth-order valence-corrected chi connectivity index (χ4v) is 3.73. The van der Waals surface area contributed by atoms with Crippen molar-refractivity contribution < 1.29 is 4.79 Å². The van der Waals surface area contributed by atoms with Crippen LogP contribution in [-0.2, 0) is 4.79 Å². The number of halogens is 1. The maximum atomic E-state index is 12.4. The predicted octanol–water partition coefficient (Wildman–Crippen LogP) is 5.35. The predicted molar refractivity (Wildman–Crippen MR) is 106 cm³/mol. The van der Waals surface area contributed by atoms with Gasteiger partial charge in [0.2, 0.25) is 0 Å². The fourth-order valence-electron chi connectivity index (χ4n) is 3.37. The number of aromatic nitrogens is 1. The number of benzene rings is 2. The first-order valence-corrected chi connectivity index (χ1v) is 8.91. The number of nitrogens with zero attached hydrogens (tertiary/aromatic N) is 1. The van der Waals surface area contributed by atoms with Crippen molar-refractivity contribution in [2.24, 2.45) is 0 Å². The Labute approximate surface area is 155 Å². The molecule has 0 spiro atoms. The van der Waals surface area contributed by atoms with Gasteiger partial charge < -0.3 is 9.88 Å². The molecule has 0 saturated carbocycles. The Bertz CT molecular complexity index is 1020. The minimum absolute atomic E-state index is 0.0578. The van der Waals surface area contributed by atoms with Crippen molar-refractivity contribution in [3.8, 4) is 5.69 Å². The molecule has 124 valence electrons. The molecule has 0 saturated heterocycles. The summed E-state index contributed by atoms with van der Waals surface area (Å²) in [4.78, 5) is 12.4. The second kappa shape index (κ2) is 6.05. The van der Waals surface area contributed by atoms with Crippen LogP contribution in [0.5, 0.6) is 0 Å². The summed E-state index contributed by atoms with van der Waals surface area (Å²) in [5.41, 5.74) is 6.93. The largest absolute Gasteiger partial charge is 0.321 e. The zero-order valence-corrected chi connectivity index (χ0v) is 15.6. The van der Waals surface area contributed by atoms with Crippen LogP contribution in [0, 0.1) is 13.8 Å². The summed E-state index contributed by atoms with van der Waals surface area (Å²) in [6.07, 6.45) is 1.98. The molecule has 3 nitrogen and oxygen atoms in total. The third-order valence-corrected chi connectivity index (χ3v) is 5.04. The van der Waals surface area contributed by atoms with Crippen molar-refractivity contribution >= 4 is 39.2 Å². The molecule has 0 aliphatic carbocycles. The highest BCUT2D eigenvalue weighted by Gasteiger charge is 2.24. The number of fused-ring (bicyclic) bond motifs is 1. The van der Waals surface area contributed by atoms with Gasteiger partial charge in [-0.15, -0.1) is 0 Å². The number of carbonyl (C=O) groups is 1. The quantitative estimate of drug-likeness (QED) is 0.586. The molecular weight excluding hydrogens is 376 g/mol. The third-order valence-electron chi connectivity index (χ3n) is 4.55. The van der Waals surface area contributed by atoms with Crippen LogP contribution < -0.4 is 5.32 Å². The van der Waals surface area contributed by atoms with Crippen LogP contribution in [0.4, 0.5) is 5.69 Å². The molecule has 2 heterocycles. The van der Waals surface area contributed by atoms with Gasteiger partial charge in [0.1, 0.15) is 0 Å². The fraction of sp³-hybridized carbons (Fsp3) is 0.0952. The Morgan fingerprint density at radius 1 is 1.04 bits per heavy atom. The molecule has 4 heteroatoms. The van der Waals surface area contributed by atoms with Gasteiger partial charge in [-0.2, -0.15) is 0 Å². The highest BCUT2D eigenvalue weighted by Crippen LogP contribution is 2.36. The summed E-state index contributed by atoms with van der Waals surface area (Å²) in [6.45, 7) is 4.17. The minimum atomic E-state index is -0.0578. The zero-order chi connectivity index (χ0) is 17.6. The van der Waals surface area contributed by atoms with Crippen LogP contribution in [0.15, 0.2) is 59.1 Å². The SMILES string of the molecule is Cc1cc(/C=C2/C(=O)Nc3ccc(Br)cc32)c(C)n1-c1ccccc1. The second-order valence-electron chi connectivity index (χ2n) is 6.20. The molecule has 1 aliphatic rings. The summed E-state index contributed by atoms with van der Waals surface area (Å²) in [6, 6.07) is 18.2. The number of aryl methyl sites for hydroxylation is 1. The van der Waals surface area contributed by atoms with E-state index in [1.54, 1.807) is 0 Å². The number of hydrogen-bond acceptors (Lipinski definition) is 1. The van der Waals surface area contributed by atoms with Crippen LogP contribution in [0.1, 0.15) is 22.5 Å². The van der Waals surface area contributed by atoms with Crippen molar-refractivity contribution in [2.45, 2.75) is 13.8 Å². The second-order valence-corrected chi connectivity index (χ2v) is 7.12. The Morgan fingerprint density at radius 2 is 1.80 bits per heavy atom. The van der Waals surface area contributed by atoms with E-state index in [9.17, 15) is 4.79 Å². The molecule has 2 aromatic carbocycles. The zero-order valence-electron chi connectivity index (χ0n) is 14.0. The molecule has 3 aromatic rings. The number of amides is 1. The van der Waals surface area contributed by atoms with Crippen LogP contribution in [0.3, 0.4) is 0 Å². The number of para-hydroxylation sites is 1. The number of hydrogen-bond donors (Lipinski definition) is 1. The van der Waals surface area contributed by atoms with Gasteiger partial charge >= 0.3 is 0 Å². The van der Waals surface area contributed by atoms with Crippen molar-refractivity contribution in [2.75, 3.05) is 5.32 Å². The topological polar surface area (TPSA) is 34.0 Å². The van der Waals surface area contributed by atoms with Crippen molar-refractivity contribution in [3.63, 3.8) is 0 Å². The van der Waals surface area contributed by atoms with E-state index in [1.807, 2.05) is 42.5 Å². The molecule has 0 fully saturated rings. The lowest BCUT2D eigenvalue weighted by Crippen LogP contribution is -2.03. The van der Waals surface area contributed by atoms with Crippen molar-refractivity contribution in [3.05, 3.63) is 81.6 Å². The summed E-state index contributed by atoms with van der Waals surface area (Å²) >= 11 is 3.49. The normalized spacial score (nSPS) is 14.7. The molecule has 1 N–H and O–H groups in total. The van der Waals surface area contributed by atoms with Gasteiger partial charge in [-0.05, 0) is 61.9 Å². The lowest BCUT2D eigenvalue weighted by atomic mass is 10.0. The molecule has 25 heavy (non-hydrogen) atoms. The Kier molecular flexibility index (Phi) is 3.85. The van der Waals surface area contributed by atoms with E-state index >= 15 is 0 Å². The van der Waals surface area contributed by atoms with E-state index < -0.39 is 0 Å². The lowest BCUT2D eigenvalue weighted by molar-refractivity contribution is -0.110. The number of nitrogens with one attached hydrogen (secondary N) is 1. The first-order valence-electron chi connectivity index (χ1n) is 8.12. The van der Waals surface area contributed by atoms with Gasteiger partial charge in [-0.25, -0.2) is 0 Å². The highest BCUT2D eigenvalue weighted by molar-refractivity contribution is 9.10. The van der Waals surface area contributed by atoms with E-state index in [0.29, 0.717) is 5.57 Å². The van der Waals surface area contributed by atoms with Crippen molar-refractivity contribution in [1.82, 2.24) is 4.57 Å². The molecule has 1 aromatic heterocycles. The van der Waals surface area contributed by atoms with E-state index in [0.717, 1.165) is 38.4 Å². The summed E-state index contributed by atoms with van der Waals surface area (Å²) < 4.78 is 3.17. The first kappa shape index (κ1) is 15.9. The van der Waals surface area contributed by atoms with Crippen molar-refractivity contribution in [1.29, 1.82) is 0 Å². The maximum absolute atomic E-state index is 12.4. The smallest absolute Gasteiger partial charge is 0.256 e. The molecule has 4 rings (SSSR count). The lowest BCUT2D eigenvalue weighted by Gasteiger charge is -2.09. The standard InChI is InChI=1S/C21H17BrN2O/c1-13-10-15(14(2)24(13)17-6-4-3-5-7-17)11-19-18-12-16(22)8-9-20(18)23-21(19)25/h3-12H,1-2H3,(H,23,25)/b19-11+. The van der Waals surface area contributed by atoms with Crippen LogP contribution in [0.25, 0.3) is 17.3 Å². The minimum Gasteiger partial charge on any atom is -0.321 e. The monoisotopic (exact) mass is 392 g/mol. The molecular formula is C21H17BrN2O. The van der Waals surface area contributed by atoms with Gasteiger partial charge in [0.05, 0.1) is 0 Å². The number of anilines is 1. The Hall–Kier alpha value is -2.59. The first-order chi connectivity index (χ1) is 12.0. The molecule has 0 unspecified atom stereocenters. The number of rotatable bonds is 2. The molecule has 0 atom stereocenters. The van der Waals surface area contributed by atoms with Crippen LogP contribution in [0.2, 0.25) is 0 Å². The molecule has 1 aliphatic heterocycles.